The summed E-state index contributed by atoms with van der Waals surface area (Å²) in [6.07, 6.45) is 3.16. The predicted octanol–water partition coefficient (Wildman–Crippen LogP) is 1.77. The molecule has 0 spiro atoms. The van der Waals surface area contributed by atoms with Gasteiger partial charge in [0.05, 0.1) is 19.8 Å². The lowest BCUT2D eigenvalue weighted by Crippen LogP contribution is -2.34. The Kier molecular flexibility index (Phi) is 21.9. The van der Waals surface area contributed by atoms with E-state index < -0.39 is 0 Å². The van der Waals surface area contributed by atoms with Crippen molar-refractivity contribution in [3.8, 4) is 0 Å². The Morgan fingerprint density at radius 2 is 1.62 bits per heavy atom. The minimum Gasteiger partial charge on any atom is -0.382 e. The molecule has 0 bridgehead atoms. The van der Waals surface area contributed by atoms with E-state index in [2.05, 4.69) is 17.2 Å². The van der Waals surface area contributed by atoms with Crippen LogP contribution in [0.15, 0.2) is 4.99 Å². The Morgan fingerprint density at radius 3 is 2.29 bits per heavy atom. The highest BCUT2D eigenvalue weighted by Gasteiger charge is 1.93. The predicted molar refractivity (Wildman–Crippen MR) is 97.6 cm³/mol. The van der Waals surface area contributed by atoms with Gasteiger partial charge in [0.15, 0.2) is 5.96 Å². The smallest absolute Gasteiger partial charge is 0.188 e. The Morgan fingerprint density at radius 1 is 0.952 bits per heavy atom. The Bertz CT molecular complexity index is 232. The van der Waals surface area contributed by atoms with Gasteiger partial charge >= 0.3 is 0 Å². The number of nitrogens with one attached hydrogen (secondary N) is 1. The van der Waals surface area contributed by atoms with Gasteiger partial charge in [-0.15, -0.1) is 24.0 Å². The molecule has 0 aliphatic heterocycles. The number of ether oxygens (including phenoxy) is 3. The van der Waals surface area contributed by atoms with E-state index in [1.807, 2.05) is 6.92 Å². The molecule has 0 heterocycles. The number of nitrogens with zero attached hydrogens (tertiary/aromatic N) is 1. The van der Waals surface area contributed by atoms with Crippen molar-refractivity contribution in [1.29, 1.82) is 0 Å². The molecule has 0 rings (SSSR count). The molecule has 0 fully saturated rings. The minimum absolute atomic E-state index is 0. The van der Waals surface area contributed by atoms with E-state index in [0.29, 0.717) is 38.9 Å². The Labute approximate surface area is 146 Å². The number of rotatable bonds is 14. The van der Waals surface area contributed by atoms with Gasteiger partial charge in [-0.2, -0.15) is 0 Å². The zero-order chi connectivity index (χ0) is 14.9. The normalized spacial score (nSPS) is 11.2. The van der Waals surface area contributed by atoms with Crippen LogP contribution in [0.5, 0.6) is 0 Å². The first kappa shape index (κ1) is 23.2. The zero-order valence-electron chi connectivity index (χ0n) is 13.4. The summed E-state index contributed by atoms with van der Waals surface area (Å²) in [4.78, 5) is 4.19. The number of halogens is 1. The van der Waals surface area contributed by atoms with Crippen molar-refractivity contribution in [2.45, 2.75) is 33.1 Å². The number of aliphatic imine (C=N–C) groups is 1. The third-order valence-corrected chi connectivity index (χ3v) is 2.50. The molecule has 0 unspecified atom stereocenters. The zero-order valence-corrected chi connectivity index (χ0v) is 15.8. The molecule has 0 saturated carbocycles. The van der Waals surface area contributed by atoms with Crippen LogP contribution in [-0.2, 0) is 14.2 Å². The molecule has 0 amide bonds. The molecule has 0 radical (unpaired) electrons. The largest absolute Gasteiger partial charge is 0.382 e. The maximum Gasteiger partial charge on any atom is 0.188 e. The number of guanidine groups is 1. The summed E-state index contributed by atoms with van der Waals surface area (Å²) in [5.41, 5.74) is 5.70. The van der Waals surface area contributed by atoms with Crippen LogP contribution >= 0.6 is 24.0 Å². The summed E-state index contributed by atoms with van der Waals surface area (Å²) in [5, 5.41) is 3.01. The quantitative estimate of drug-likeness (QED) is 0.195. The number of hydrogen-bond acceptors (Lipinski definition) is 4. The van der Waals surface area contributed by atoms with Crippen LogP contribution in [0.1, 0.15) is 33.1 Å². The summed E-state index contributed by atoms with van der Waals surface area (Å²) in [6, 6.07) is 0. The van der Waals surface area contributed by atoms with E-state index in [1.165, 1.54) is 0 Å². The molecular formula is C14H32IN3O3. The highest BCUT2D eigenvalue weighted by Crippen LogP contribution is 1.87. The van der Waals surface area contributed by atoms with Crippen LogP contribution in [-0.4, -0.2) is 58.7 Å². The van der Waals surface area contributed by atoms with Crippen molar-refractivity contribution in [1.82, 2.24) is 5.32 Å². The first-order chi connectivity index (χ1) is 9.81. The molecule has 6 nitrogen and oxygen atoms in total. The van der Waals surface area contributed by atoms with Gasteiger partial charge in [-0.1, -0.05) is 13.3 Å². The van der Waals surface area contributed by atoms with E-state index in [9.17, 15) is 0 Å². The second-order valence-electron chi connectivity index (χ2n) is 4.32. The third-order valence-electron chi connectivity index (χ3n) is 2.50. The molecule has 0 atom stereocenters. The molecule has 0 aliphatic carbocycles. The number of unbranched alkanes of at least 4 members (excludes halogenated alkanes) is 1. The maximum absolute atomic E-state index is 5.70. The number of hydrogen-bond donors (Lipinski definition) is 2. The van der Waals surface area contributed by atoms with Crippen LogP contribution in [0, 0.1) is 0 Å². The summed E-state index contributed by atoms with van der Waals surface area (Å²) in [7, 11) is 0. The van der Waals surface area contributed by atoms with Gasteiger partial charge in [-0.05, 0) is 19.8 Å². The average Bonchev–Trinajstić information content (AvgIpc) is 2.45. The van der Waals surface area contributed by atoms with Gasteiger partial charge in [-0.25, -0.2) is 0 Å². The third kappa shape index (κ3) is 19.9. The molecule has 0 aromatic heterocycles. The van der Waals surface area contributed by atoms with Gasteiger partial charge in [-0.3, -0.25) is 4.99 Å². The molecule has 128 valence electrons. The molecule has 0 aromatic rings. The SMILES string of the molecule is CCCCOCCOCCNC(N)=NCCCOCC.I. The van der Waals surface area contributed by atoms with Gasteiger partial charge in [0.2, 0.25) is 0 Å². The van der Waals surface area contributed by atoms with Crippen molar-refractivity contribution in [2.75, 3.05) is 52.7 Å². The lowest BCUT2D eigenvalue weighted by atomic mass is 10.4. The fourth-order valence-electron chi connectivity index (χ4n) is 1.39. The standard InChI is InChI=1S/C14H31N3O3.HI/c1-3-5-9-19-12-13-20-11-8-17-14(15)16-7-6-10-18-4-2;/h3-13H2,1-2H3,(H3,15,16,17);1H. The van der Waals surface area contributed by atoms with Crippen LogP contribution < -0.4 is 11.1 Å². The topological polar surface area (TPSA) is 78.1 Å². The fourth-order valence-corrected chi connectivity index (χ4v) is 1.39. The van der Waals surface area contributed by atoms with Crippen LogP contribution in [0.25, 0.3) is 0 Å². The van der Waals surface area contributed by atoms with Crippen molar-refractivity contribution in [2.24, 2.45) is 10.7 Å². The molecule has 0 aromatic carbocycles. The van der Waals surface area contributed by atoms with Crippen molar-refractivity contribution in [3.05, 3.63) is 0 Å². The molecule has 7 heteroatoms. The van der Waals surface area contributed by atoms with Crippen molar-refractivity contribution < 1.29 is 14.2 Å². The van der Waals surface area contributed by atoms with Crippen molar-refractivity contribution in [3.63, 3.8) is 0 Å². The van der Waals surface area contributed by atoms with Gasteiger partial charge in [0.25, 0.3) is 0 Å². The van der Waals surface area contributed by atoms with E-state index in [1.54, 1.807) is 0 Å². The van der Waals surface area contributed by atoms with Gasteiger partial charge in [0, 0.05) is 32.9 Å². The molecular weight excluding hydrogens is 385 g/mol. The van der Waals surface area contributed by atoms with Gasteiger partial charge < -0.3 is 25.3 Å². The van der Waals surface area contributed by atoms with E-state index >= 15 is 0 Å². The Balaban J connectivity index is 0. The lowest BCUT2D eigenvalue weighted by molar-refractivity contribution is 0.0487. The molecule has 3 N–H and O–H groups in total. The second kappa shape index (κ2) is 19.9. The van der Waals surface area contributed by atoms with E-state index in [4.69, 9.17) is 19.9 Å². The minimum atomic E-state index is 0. The summed E-state index contributed by atoms with van der Waals surface area (Å²) in [5.74, 6) is 0.462. The maximum atomic E-state index is 5.70. The first-order valence-electron chi connectivity index (χ1n) is 7.58. The fraction of sp³-hybridized carbons (Fsp3) is 0.929. The molecule has 21 heavy (non-hydrogen) atoms. The summed E-state index contributed by atoms with van der Waals surface area (Å²) in [6.45, 7) is 9.65. The number of nitrogens with two attached hydrogens (primary N) is 1. The monoisotopic (exact) mass is 417 g/mol. The molecule has 0 saturated heterocycles. The van der Waals surface area contributed by atoms with Crippen LogP contribution in [0.2, 0.25) is 0 Å². The lowest BCUT2D eigenvalue weighted by Gasteiger charge is -2.07. The average molecular weight is 417 g/mol. The van der Waals surface area contributed by atoms with E-state index in [-0.39, 0.29) is 24.0 Å². The van der Waals surface area contributed by atoms with Crippen molar-refractivity contribution >= 4 is 29.9 Å². The van der Waals surface area contributed by atoms with Gasteiger partial charge in [0.1, 0.15) is 0 Å². The van der Waals surface area contributed by atoms with Crippen LogP contribution in [0.4, 0.5) is 0 Å². The highest BCUT2D eigenvalue weighted by molar-refractivity contribution is 14.0. The second-order valence-corrected chi connectivity index (χ2v) is 4.32. The highest BCUT2D eigenvalue weighted by atomic mass is 127. The Hall–Kier alpha value is -0.120. The van der Waals surface area contributed by atoms with E-state index in [0.717, 1.165) is 39.1 Å². The first-order valence-corrected chi connectivity index (χ1v) is 7.58. The summed E-state index contributed by atoms with van der Waals surface area (Å²) >= 11 is 0. The summed E-state index contributed by atoms with van der Waals surface area (Å²) < 4.78 is 16.0. The molecule has 0 aliphatic rings. The van der Waals surface area contributed by atoms with Crippen LogP contribution in [0.3, 0.4) is 0 Å².